The van der Waals surface area contributed by atoms with Crippen molar-refractivity contribution in [1.82, 2.24) is 20.0 Å². The second-order valence-corrected chi connectivity index (χ2v) is 6.10. The van der Waals surface area contributed by atoms with Crippen molar-refractivity contribution in [3.8, 4) is 0 Å². The number of aliphatic hydroxyl groups excluding tert-OH is 1. The third-order valence-corrected chi connectivity index (χ3v) is 4.60. The Labute approximate surface area is 139 Å². The first-order valence-corrected chi connectivity index (χ1v) is 7.95. The van der Waals surface area contributed by atoms with Crippen molar-refractivity contribution in [3.63, 3.8) is 0 Å². The van der Waals surface area contributed by atoms with Crippen LogP contribution in [0.1, 0.15) is 46.5 Å². The first-order valence-electron chi connectivity index (χ1n) is 7.95. The molecule has 0 spiro atoms. The molecule has 1 aliphatic rings. The molecular formula is C16H22N4O4. The summed E-state index contributed by atoms with van der Waals surface area (Å²) < 4.78 is 12.1. The van der Waals surface area contributed by atoms with Gasteiger partial charge in [0.15, 0.2) is 5.69 Å². The van der Waals surface area contributed by atoms with Crippen molar-refractivity contribution in [2.24, 2.45) is 0 Å². The predicted octanol–water partition coefficient (Wildman–Crippen LogP) is 1.13. The van der Waals surface area contributed by atoms with Gasteiger partial charge in [0.05, 0.1) is 30.4 Å². The van der Waals surface area contributed by atoms with Crippen LogP contribution in [-0.2, 0) is 11.3 Å². The number of aryl methyl sites for hydroxylation is 2. The third-order valence-electron chi connectivity index (χ3n) is 4.60. The summed E-state index contributed by atoms with van der Waals surface area (Å²) in [6.07, 6.45) is 4.34. The van der Waals surface area contributed by atoms with Gasteiger partial charge in [0.1, 0.15) is 11.6 Å². The van der Waals surface area contributed by atoms with Crippen LogP contribution in [0.3, 0.4) is 0 Å². The van der Waals surface area contributed by atoms with Gasteiger partial charge in [-0.2, -0.15) is 0 Å². The Bertz CT molecular complexity index is 723. The largest absolute Gasteiger partial charge is 0.389 e. The SMILES string of the molecule is COCc1c(C(=O)N[C@@H]2CC[C@@H](n3ccnc3C)[C@@H]2O)noc1C. The molecule has 2 aromatic rings. The van der Waals surface area contributed by atoms with Gasteiger partial charge in [-0.1, -0.05) is 5.16 Å². The molecule has 2 heterocycles. The number of rotatable bonds is 5. The molecule has 1 amide bonds. The summed E-state index contributed by atoms with van der Waals surface area (Å²) in [5.41, 5.74) is 0.841. The van der Waals surface area contributed by atoms with Crippen LogP contribution in [0.4, 0.5) is 0 Å². The summed E-state index contributed by atoms with van der Waals surface area (Å²) in [4.78, 5) is 16.7. The van der Waals surface area contributed by atoms with Crippen LogP contribution in [0.5, 0.6) is 0 Å². The molecule has 0 aliphatic heterocycles. The van der Waals surface area contributed by atoms with Crippen LogP contribution in [0.2, 0.25) is 0 Å². The Balaban J connectivity index is 1.71. The van der Waals surface area contributed by atoms with Crippen molar-refractivity contribution >= 4 is 5.91 Å². The number of amides is 1. The molecule has 0 saturated heterocycles. The maximum absolute atomic E-state index is 12.5. The lowest BCUT2D eigenvalue weighted by molar-refractivity contribution is 0.0801. The molecule has 2 N–H and O–H groups in total. The predicted molar refractivity (Wildman–Crippen MR) is 84.4 cm³/mol. The Hall–Kier alpha value is -2.19. The highest BCUT2D eigenvalue weighted by molar-refractivity contribution is 5.94. The van der Waals surface area contributed by atoms with Gasteiger partial charge in [-0.3, -0.25) is 4.79 Å². The molecule has 0 unspecified atom stereocenters. The molecule has 1 saturated carbocycles. The number of nitrogens with zero attached hydrogens (tertiary/aromatic N) is 3. The van der Waals surface area contributed by atoms with Gasteiger partial charge >= 0.3 is 0 Å². The summed E-state index contributed by atoms with van der Waals surface area (Å²) in [7, 11) is 1.55. The molecular weight excluding hydrogens is 312 g/mol. The number of aliphatic hydroxyl groups is 1. The molecule has 3 rings (SSSR count). The lowest BCUT2D eigenvalue weighted by atomic mass is 10.1. The average Bonchev–Trinajstić information content (AvgIpc) is 3.22. The van der Waals surface area contributed by atoms with Gasteiger partial charge in [-0.25, -0.2) is 4.98 Å². The van der Waals surface area contributed by atoms with Crippen molar-refractivity contribution in [2.45, 2.75) is 51.5 Å². The van der Waals surface area contributed by atoms with Gasteiger partial charge in [0.25, 0.3) is 5.91 Å². The van der Waals surface area contributed by atoms with Crippen molar-refractivity contribution in [3.05, 3.63) is 35.2 Å². The summed E-state index contributed by atoms with van der Waals surface area (Å²) in [6, 6.07) is -0.424. The van der Waals surface area contributed by atoms with Gasteiger partial charge < -0.3 is 24.3 Å². The van der Waals surface area contributed by atoms with E-state index in [1.165, 1.54) is 0 Å². The Morgan fingerprint density at radius 2 is 2.29 bits per heavy atom. The molecule has 2 aromatic heterocycles. The number of carbonyl (C=O) groups excluding carboxylic acids is 1. The maximum Gasteiger partial charge on any atom is 0.274 e. The lowest BCUT2D eigenvalue weighted by Gasteiger charge is -2.22. The van der Waals surface area contributed by atoms with Crippen molar-refractivity contribution in [1.29, 1.82) is 0 Å². The minimum atomic E-state index is -0.680. The van der Waals surface area contributed by atoms with Crippen LogP contribution in [-0.4, -0.2) is 45.0 Å². The van der Waals surface area contributed by atoms with Crippen LogP contribution >= 0.6 is 0 Å². The number of hydrogen-bond donors (Lipinski definition) is 2. The summed E-state index contributed by atoms with van der Waals surface area (Å²) in [6.45, 7) is 3.89. The van der Waals surface area contributed by atoms with Gasteiger partial charge in [0, 0.05) is 19.5 Å². The smallest absolute Gasteiger partial charge is 0.274 e. The molecule has 3 atom stereocenters. The average molecular weight is 334 g/mol. The molecule has 8 nitrogen and oxygen atoms in total. The van der Waals surface area contributed by atoms with Gasteiger partial charge in [-0.15, -0.1) is 0 Å². The fourth-order valence-electron chi connectivity index (χ4n) is 3.28. The van der Waals surface area contributed by atoms with Gasteiger partial charge in [-0.05, 0) is 26.7 Å². The number of hydrogen-bond acceptors (Lipinski definition) is 6. The summed E-state index contributed by atoms with van der Waals surface area (Å²) in [5.74, 6) is 1.05. The van der Waals surface area contributed by atoms with Crippen molar-refractivity contribution in [2.75, 3.05) is 7.11 Å². The number of aromatic nitrogens is 3. The third kappa shape index (κ3) is 2.94. The van der Waals surface area contributed by atoms with Crippen molar-refractivity contribution < 1.29 is 19.2 Å². The molecule has 0 bridgehead atoms. The quantitative estimate of drug-likeness (QED) is 0.850. The summed E-state index contributed by atoms with van der Waals surface area (Å²) >= 11 is 0. The van der Waals surface area contributed by atoms with E-state index in [2.05, 4.69) is 15.5 Å². The number of methoxy groups -OCH3 is 1. The number of imidazole rings is 1. The van der Waals surface area contributed by atoms with E-state index >= 15 is 0 Å². The van der Waals surface area contributed by atoms with E-state index in [-0.39, 0.29) is 30.3 Å². The summed E-state index contributed by atoms with van der Waals surface area (Å²) in [5, 5.41) is 17.3. The molecule has 1 fully saturated rings. The zero-order valence-corrected chi connectivity index (χ0v) is 14.0. The van der Waals surface area contributed by atoms with E-state index < -0.39 is 6.10 Å². The molecule has 8 heteroatoms. The number of carbonyl (C=O) groups is 1. The Morgan fingerprint density at radius 3 is 2.96 bits per heavy atom. The monoisotopic (exact) mass is 334 g/mol. The normalized spacial score (nSPS) is 23.6. The second-order valence-electron chi connectivity index (χ2n) is 6.10. The van der Waals surface area contributed by atoms with Gasteiger partial charge in [0.2, 0.25) is 0 Å². The highest BCUT2D eigenvalue weighted by Gasteiger charge is 2.38. The number of ether oxygens (including phenoxy) is 1. The minimum Gasteiger partial charge on any atom is -0.389 e. The lowest BCUT2D eigenvalue weighted by Crippen LogP contribution is -2.42. The zero-order chi connectivity index (χ0) is 17.3. The van der Waals surface area contributed by atoms with E-state index in [9.17, 15) is 9.90 Å². The zero-order valence-electron chi connectivity index (χ0n) is 14.0. The maximum atomic E-state index is 12.5. The first kappa shape index (κ1) is 16.7. The van der Waals surface area contributed by atoms with E-state index in [4.69, 9.17) is 9.26 Å². The Morgan fingerprint density at radius 1 is 1.50 bits per heavy atom. The number of nitrogens with one attached hydrogen (secondary N) is 1. The van der Waals surface area contributed by atoms with E-state index in [1.54, 1.807) is 20.2 Å². The molecule has 1 aliphatic carbocycles. The highest BCUT2D eigenvalue weighted by atomic mass is 16.5. The van der Waals surface area contributed by atoms with Crippen LogP contribution in [0.15, 0.2) is 16.9 Å². The van der Waals surface area contributed by atoms with Crippen LogP contribution < -0.4 is 5.32 Å². The molecule has 24 heavy (non-hydrogen) atoms. The fraction of sp³-hybridized carbons (Fsp3) is 0.562. The minimum absolute atomic E-state index is 0.0877. The van der Waals surface area contributed by atoms with Crippen LogP contribution in [0, 0.1) is 13.8 Å². The molecule has 0 aromatic carbocycles. The first-order chi connectivity index (χ1) is 11.5. The van der Waals surface area contributed by atoms with Crippen LogP contribution in [0.25, 0.3) is 0 Å². The molecule has 130 valence electrons. The topological polar surface area (TPSA) is 102 Å². The Kier molecular flexibility index (Phi) is 4.68. The van der Waals surface area contributed by atoms with E-state index in [0.717, 1.165) is 12.2 Å². The molecule has 0 radical (unpaired) electrons. The standard InChI is InChI=1S/C16H22N4O4/c1-9-11(8-23-3)14(19-24-9)16(22)18-12-4-5-13(15(12)21)20-7-6-17-10(20)2/h6-7,12-13,15,21H,4-5,8H2,1-3H3,(H,18,22)/t12-,13-,15-/m1/s1. The van der Waals surface area contributed by atoms with E-state index in [1.807, 2.05) is 17.7 Å². The highest BCUT2D eigenvalue weighted by Crippen LogP contribution is 2.31. The van der Waals surface area contributed by atoms with E-state index in [0.29, 0.717) is 17.7 Å². The second kappa shape index (κ2) is 6.74. The fourth-order valence-corrected chi connectivity index (χ4v) is 3.28.